The molecule has 0 spiro atoms. The quantitative estimate of drug-likeness (QED) is 0.814. The summed E-state index contributed by atoms with van der Waals surface area (Å²) in [6.07, 6.45) is 4.17. The van der Waals surface area contributed by atoms with Crippen LogP contribution in [0.5, 0.6) is 0 Å². The van der Waals surface area contributed by atoms with E-state index in [1.54, 1.807) is 5.56 Å². The third kappa shape index (κ3) is 2.95. The smallest absolute Gasteiger partial charge is 0.0369 e. The number of rotatable bonds is 4. The molecule has 0 radical (unpaired) electrons. The zero-order valence-corrected chi connectivity index (χ0v) is 12.3. The Bertz CT molecular complexity index is 385. The first-order valence-electron chi connectivity index (χ1n) is 7.35. The maximum Gasteiger partial charge on any atom is 0.0369 e. The van der Waals surface area contributed by atoms with Crippen LogP contribution in [-0.4, -0.2) is 6.54 Å². The van der Waals surface area contributed by atoms with Gasteiger partial charge in [-0.2, -0.15) is 0 Å². The molecule has 1 fully saturated rings. The zero-order valence-electron chi connectivity index (χ0n) is 12.3. The van der Waals surface area contributed by atoms with Crippen LogP contribution in [0.3, 0.4) is 0 Å². The average molecular weight is 245 g/mol. The van der Waals surface area contributed by atoms with Crippen molar-refractivity contribution in [3.63, 3.8) is 0 Å². The topological polar surface area (TPSA) is 12.0 Å². The second-order valence-corrected chi connectivity index (χ2v) is 6.65. The molecule has 1 nitrogen and oxygen atoms in total. The molecule has 1 aliphatic rings. The minimum atomic E-state index is 0.258. The molecule has 100 valence electrons. The summed E-state index contributed by atoms with van der Waals surface area (Å²) in [5.74, 6) is 0.826. The molecule has 0 amide bonds. The van der Waals surface area contributed by atoms with E-state index in [2.05, 4.69) is 57.3 Å². The van der Waals surface area contributed by atoms with Gasteiger partial charge in [0.1, 0.15) is 0 Å². The number of hydrogen-bond donors (Lipinski definition) is 1. The number of hydrogen-bond acceptors (Lipinski definition) is 1. The predicted molar refractivity (Wildman–Crippen MR) is 78.9 cm³/mol. The standard InChI is InChI=1S/C17H27N/c1-5-18-16(17(2,3)4)15-11-7-10-14(12-15)13-8-6-9-13/h7,10-13,16,18H,5-6,8-9H2,1-4H3. The van der Waals surface area contributed by atoms with Crippen molar-refractivity contribution < 1.29 is 0 Å². The van der Waals surface area contributed by atoms with Crippen molar-refractivity contribution in [3.8, 4) is 0 Å². The zero-order chi connectivity index (χ0) is 13.2. The summed E-state index contributed by atoms with van der Waals surface area (Å²) in [7, 11) is 0. The minimum absolute atomic E-state index is 0.258. The second kappa shape index (κ2) is 5.44. The molecule has 1 atom stereocenters. The summed E-state index contributed by atoms with van der Waals surface area (Å²) < 4.78 is 0. The molecule has 2 rings (SSSR count). The Balaban J connectivity index is 2.23. The van der Waals surface area contributed by atoms with Gasteiger partial charge in [-0.15, -0.1) is 0 Å². The molecule has 1 aliphatic carbocycles. The summed E-state index contributed by atoms with van der Waals surface area (Å²) in [6, 6.07) is 9.70. The Hall–Kier alpha value is -0.820. The first kappa shape index (κ1) is 13.6. The van der Waals surface area contributed by atoms with Crippen molar-refractivity contribution in [2.45, 2.75) is 58.9 Å². The molecular weight excluding hydrogens is 218 g/mol. The van der Waals surface area contributed by atoms with Gasteiger partial charge in [0, 0.05) is 6.04 Å². The third-order valence-electron chi connectivity index (χ3n) is 4.09. The summed E-state index contributed by atoms with van der Waals surface area (Å²) in [5.41, 5.74) is 3.26. The van der Waals surface area contributed by atoms with Crippen LogP contribution in [0.4, 0.5) is 0 Å². The van der Waals surface area contributed by atoms with Gasteiger partial charge in [0.05, 0.1) is 0 Å². The van der Waals surface area contributed by atoms with Gasteiger partial charge in [0.2, 0.25) is 0 Å². The lowest BCUT2D eigenvalue weighted by Crippen LogP contribution is -2.32. The maximum atomic E-state index is 3.64. The highest BCUT2D eigenvalue weighted by molar-refractivity contribution is 5.30. The van der Waals surface area contributed by atoms with Crippen LogP contribution in [0.25, 0.3) is 0 Å². The van der Waals surface area contributed by atoms with Crippen LogP contribution < -0.4 is 5.32 Å². The minimum Gasteiger partial charge on any atom is -0.310 e. The molecule has 0 saturated heterocycles. The molecular formula is C17H27N. The Morgan fingerprint density at radius 3 is 2.50 bits per heavy atom. The van der Waals surface area contributed by atoms with E-state index in [1.165, 1.54) is 24.8 Å². The molecule has 1 N–H and O–H groups in total. The van der Waals surface area contributed by atoms with Gasteiger partial charge in [0.15, 0.2) is 0 Å². The molecule has 0 aliphatic heterocycles. The van der Waals surface area contributed by atoms with Gasteiger partial charge in [-0.25, -0.2) is 0 Å². The van der Waals surface area contributed by atoms with Gasteiger partial charge in [-0.1, -0.05) is 58.4 Å². The molecule has 0 heterocycles. The predicted octanol–water partition coefficient (Wildman–Crippen LogP) is 4.65. The van der Waals surface area contributed by atoms with Crippen LogP contribution in [0.15, 0.2) is 24.3 Å². The lowest BCUT2D eigenvalue weighted by atomic mass is 9.77. The number of benzene rings is 1. The van der Waals surface area contributed by atoms with E-state index < -0.39 is 0 Å². The summed E-state index contributed by atoms with van der Waals surface area (Å²) in [4.78, 5) is 0. The van der Waals surface area contributed by atoms with Gasteiger partial charge >= 0.3 is 0 Å². The molecule has 1 saturated carbocycles. The van der Waals surface area contributed by atoms with Gasteiger partial charge in [0.25, 0.3) is 0 Å². The first-order chi connectivity index (χ1) is 8.52. The highest BCUT2D eigenvalue weighted by Gasteiger charge is 2.26. The van der Waals surface area contributed by atoms with Crippen molar-refractivity contribution in [3.05, 3.63) is 35.4 Å². The molecule has 0 bridgehead atoms. The Labute approximate surface area is 112 Å². The highest BCUT2D eigenvalue weighted by Crippen LogP contribution is 2.39. The molecule has 1 aromatic carbocycles. The van der Waals surface area contributed by atoms with Crippen molar-refractivity contribution in [2.75, 3.05) is 6.54 Å². The van der Waals surface area contributed by atoms with E-state index in [0.29, 0.717) is 6.04 Å². The molecule has 18 heavy (non-hydrogen) atoms. The van der Waals surface area contributed by atoms with Gasteiger partial charge < -0.3 is 5.32 Å². The van der Waals surface area contributed by atoms with E-state index in [4.69, 9.17) is 0 Å². The van der Waals surface area contributed by atoms with Crippen molar-refractivity contribution in [1.82, 2.24) is 5.32 Å². The van der Waals surface area contributed by atoms with Crippen LogP contribution in [-0.2, 0) is 0 Å². The normalized spacial score (nSPS) is 18.4. The molecule has 1 aromatic rings. The summed E-state index contributed by atoms with van der Waals surface area (Å²) in [5, 5.41) is 3.64. The highest BCUT2D eigenvalue weighted by atomic mass is 14.9. The third-order valence-corrected chi connectivity index (χ3v) is 4.09. The fourth-order valence-electron chi connectivity index (χ4n) is 2.86. The van der Waals surface area contributed by atoms with E-state index in [-0.39, 0.29) is 5.41 Å². The van der Waals surface area contributed by atoms with Crippen molar-refractivity contribution >= 4 is 0 Å². The molecule has 0 aromatic heterocycles. The SMILES string of the molecule is CCNC(c1cccc(C2CCC2)c1)C(C)(C)C. The summed E-state index contributed by atoms with van der Waals surface area (Å²) in [6.45, 7) is 10.2. The Morgan fingerprint density at radius 1 is 1.28 bits per heavy atom. The Morgan fingerprint density at radius 2 is 2.00 bits per heavy atom. The first-order valence-corrected chi connectivity index (χ1v) is 7.35. The molecule has 1 unspecified atom stereocenters. The van der Waals surface area contributed by atoms with Crippen molar-refractivity contribution in [2.24, 2.45) is 5.41 Å². The van der Waals surface area contributed by atoms with Crippen LogP contribution in [0, 0.1) is 5.41 Å². The van der Waals surface area contributed by atoms with E-state index >= 15 is 0 Å². The fourth-order valence-corrected chi connectivity index (χ4v) is 2.86. The van der Waals surface area contributed by atoms with Gasteiger partial charge in [-0.3, -0.25) is 0 Å². The number of nitrogens with one attached hydrogen (secondary N) is 1. The second-order valence-electron chi connectivity index (χ2n) is 6.65. The Kier molecular flexibility index (Phi) is 4.11. The van der Waals surface area contributed by atoms with Gasteiger partial charge in [-0.05, 0) is 41.8 Å². The van der Waals surface area contributed by atoms with E-state index in [9.17, 15) is 0 Å². The van der Waals surface area contributed by atoms with Crippen molar-refractivity contribution in [1.29, 1.82) is 0 Å². The van der Waals surface area contributed by atoms with E-state index in [0.717, 1.165) is 12.5 Å². The average Bonchev–Trinajstić information content (AvgIpc) is 2.22. The summed E-state index contributed by atoms with van der Waals surface area (Å²) >= 11 is 0. The van der Waals surface area contributed by atoms with E-state index in [1.807, 2.05) is 0 Å². The van der Waals surface area contributed by atoms with Crippen LogP contribution >= 0.6 is 0 Å². The van der Waals surface area contributed by atoms with Crippen LogP contribution in [0.1, 0.15) is 70.0 Å². The lowest BCUT2D eigenvalue weighted by Gasteiger charge is -2.33. The fraction of sp³-hybridized carbons (Fsp3) is 0.647. The monoisotopic (exact) mass is 245 g/mol. The van der Waals surface area contributed by atoms with Crippen LogP contribution in [0.2, 0.25) is 0 Å². The molecule has 1 heteroatoms. The lowest BCUT2D eigenvalue weighted by molar-refractivity contribution is 0.276. The largest absolute Gasteiger partial charge is 0.310 e. The maximum absolute atomic E-state index is 3.64.